The number of hydrogen-bond donors (Lipinski definition) is 2. The number of rotatable bonds is 4. The highest BCUT2D eigenvalue weighted by Gasteiger charge is 2.69. The van der Waals surface area contributed by atoms with Crippen molar-refractivity contribution in [3.8, 4) is 0 Å². The van der Waals surface area contributed by atoms with E-state index in [2.05, 4.69) is 42.0 Å². The van der Waals surface area contributed by atoms with Gasteiger partial charge in [0.15, 0.2) is 0 Å². The molecule has 3 aliphatic carbocycles. The van der Waals surface area contributed by atoms with Crippen molar-refractivity contribution in [1.82, 2.24) is 0 Å². The number of nitrogens with zero attached hydrogens (tertiary/aromatic N) is 2. The van der Waals surface area contributed by atoms with E-state index in [1.807, 2.05) is 0 Å². The highest BCUT2D eigenvalue weighted by Crippen LogP contribution is 2.65. The summed E-state index contributed by atoms with van der Waals surface area (Å²) in [4.78, 5) is 0. The van der Waals surface area contributed by atoms with Crippen LogP contribution in [0.4, 0.5) is 0 Å². The first kappa shape index (κ1) is 17.7. The van der Waals surface area contributed by atoms with Crippen LogP contribution in [0.1, 0.15) is 33.1 Å². The summed E-state index contributed by atoms with van der Waals surface area (Å²) < 4.78 is 2.15. The van der Waals surface area contributed by atoms with E-state index in [0.717, 1.165) is 28.4 Å². The lowest BCUT2D eigenvalue weighted by atomic mass is 9.44. The van der Waals surface area contributed by atoms with E-state index in [-0.39, 0.29) is 23.0 Å². The first-order valence-electron chi connectivity index (χ1n) is 9.40. The summed E-state index contributed by atoms with van der Waals surface area (Å²) in [7, 11) is 9.19. The molecule has 4 fully saturated rings. The highest BCUT2D eigenvalue weighted by atomic mass is 16.3. The average Bonchev–Trinajstić information content (AvgIpc) is 2.73. The van der Waals surface area contributed by atoms with Gasteiger partial charge in [-0.3, -0.25) is 0 Å². The van der Waals surface area contributed by atoms with Crippen LogP contribution in [0.2, 0.25) is 0 Å². The van der Waals surface area contributed by atoms with Gasteiger partial charge >= 0.3 is 0 Å². The molecule has 4 aliphatic rings. The van der Waals surface area contributed by atoms with Gasteiger partial charge in [0, 0.05) is 23.7 Å². The number of aliphatic hydroxyl groups is 2. The Labute approximate surface area is 142 Å². The van der Waals surface area contributed by atoms with Gasteiger partial charge in [0.05, 0.1) is 66.6 Å². The van der Waals surface area contributed by atoms with Gasteiger partial charge in [-0.05, 0) is 18.3 Å². The predicted octanol–water partition coefficient (Wildman–Crippen LogP) is 1.32. The molecule has 3 saturated carbocycles. The van der Waals surface area contributed by atoms with E-state index in [9.17, 15) is 10.2 Å². The third-order valence-corrected chi connectivity index (χ3v) is 7.74. The summed E-state index contributed by atoms with van der Waals surface area (Å²) in [6.45, 7) is 9.26. The van der Waals surface area contributed by atoms with Gasteiger partial charge in [-0.15, -0.1) is 0 Å². The molecule has 0 aromatic rings. The van der Waals surface area contributed by atoms with Crippen molar-refractivity contribution < 1.29 is 19.2 Å². The maximum atomic E-state index is 10.7. The van der Waals surface area contributed by atoms with E-state index in [1.54, 1.807) is 0 Å². The number of fused-ring (bicyclic) bond motifs is 2. The van der Waals surface area contributed by atoms with Crippen molar-refractivity contribution in [3.63, 3.8) is 0 Å². The number of hydrogen-bond acceptors (Lipinski definition) is 2. The van der Waals surface area contributed by atoms with Crippen molar-refractivity contribution in [2.75, 3.05) is 54.4 Å². The highest BCUT2D eigenvalue weighted by molar-refractivity contribution is 5.14. The van der Waals surface area contributed by atoms with Gasteiger partial charge in [0.1, 0.15) is 0 Å². The Kier molecular flexibility index (Phi) is 3.97. The van der Waals surface area contributed by atoms with E-state index < -0.39 is 0 Å². The van der Waals surface area contributed by atoms with Gasteiger partial charge < -0.3 is 19.2 Å². The topological polar surface area (TPSA) is 40.5 Å². The molecule has 23 heavy (non-hydrogen) atoms. The number of aliphatic hydroxyl groups excluding tert-OH is 2. The van der Waals surface area contributed by atoms with Crippen molar-refractivity contribution >= 4 is 0 Å². The maximum Gasteiger partial charge on any atom is 0.0839 e. The second kappa shape index (κ2) is 5.17. The monoisotopic (exact) mass is 326 g/mol. The van der Waals surface area contributed by atoms with Crippen molar-refractivity contribution in [3.05, 3.63) is 0 Å². The largest absolute Gasteiger partial charge is 0.392 e. The van der Waals surface area contributed by atoms with E-state index in [1.165, 1.54) is 26.1 Å². The minimum atomic E-state index is -0.338. The lowest BCUT2D eigenvalue weighted by molar-refractivity contribution is -0.910. The Bertz CT molecular complexity index is 460. The summed E-state index contributed by atoms with van der Waals surface area (Å²) in [6.07, 6.45) is 2.32. The van der Waals surface area contributed by atoms with E-state index in [4.69, 9.17) is 0 Å². The number of quaternary nitrogens is 2. The van der Waals surface area contributed by atoms with Crippen LogP contribution in [-0.2, 0) is 0 Å². The van der Waals surface area contributed by atoms with Gasteiger partial charge in [0.25, 0.3) is 0 Å². The molecule has 134 valence electrons. The van der Waals surface area contributed by atoms with Gasteiger partial charge in [-0.25, -0.2) is 0 Å². The second-order valence-electron chi connectivity index (χ2n) is 10.7. The van der Waals surface area contributed by atoms with Crippen LogP contribution in [0.3, 0.4) is 0 Å². The molecule has 5 atom stereocenters. The Morgan fingerprint density at radius 1 is 1.00 bits per heavy atom. The van der Waals surface area contributed by atoms with Crippen LogP contribution >= 0.6 is 0 Å². The zero-order valence-corrected chi connectivity index (χ0v) is 16.0. The molecule has 1 heterocycles. The molecule has 4 rings (SSSR count). The molecule has 0 aromatic carbocycles. The molecule has 2 N–H and O–H groups in total. The van der Waals surface area contributed by atoms with Gasteiger partial charge in [-0.1, -0.05) is 13.8 Å². The molecule has 0 aromatic heterocycles. The van der Waals surface area contributed by atoms with Crippen LogP contribution in [0.25, 0.3) is 0 Å². The zero-order chi connectivity index (χ0) is 17.3. The van der Waals surface area contributed by atoms with Crippen LogP contribution in [-0.4, -0.2) is 85.8 Å². The van der Waals surface area contributed by atoms with Crippen molar-refractivity contribution in [2.24, 2.45) is 22.7 Å². The molecule has 5 unspecified atom stereocenters. The minimum absolute atomic E-state index is 0.122. The van der Waals surface area contributed by atoms with Crippen molar-refractivity contribution in [1.29, 1.82) is 0 Å². The SMILES string of the molecule is CC12CC(O)C(C)(C(O)C1)C1C[N+](C)(CCC[N+](C)(C)C)CC12. The van der Waals surface area contributed by atoms with E-state index >= 15 is 0 Å². The van der Waals surface area contributed by atoms with Crippen LogP contribution < -0.4 is 0 Å². The third-order valence-electron chi connectivity index (χ3n) is 7.74. The minimum Gasteiger partial charge on any atom is -0.392 e. The molecule has 1 saturated heterocycles. The van der Waals surface area contributed by atoms with E-state index in [0.29, 0.717) is 11.8 Å². The standard InChI is InChI=1S/C19H38N2O2/c1-18-10-16(22)19(2,17(23)11-18)15-13-21(6,12-14(15)18)9-7-8-20(3,4)5/h14-17,22-23H,7-13H2,1-6H3/q+2. The van der Waals surface area contributed by atoms with Crippen LogP contribution in [0.15, 0.2) is 0 Å². The molecule has 4 heteroatoms. The first-order chi connectivity index (χ1) is 10.4. The molecule has 2 bridgehead atoms. The summed E-state index contributed by atoms with van der Waals surface area (Å²) >= 11 is 0. The summed E-state index contributed by atoms with van der Waals surface area (Å²) in [5, 5.41) is 21.4. The molecular formula is C19H38N2O2+2. The third kappa shape index (κ3) is 2.76. The fraction of sp³-hybridized carbons (Fsp3) is 1.00. The Morgan fingerprint density at radius 2 is 1.52 bits per heavy atom. The molecule has 0 amide bonds. The molecule has 0 radical (unpaired) electrons. The van der Waals surface area contributed by atoms with Gasteiger partial charge in [-0.2, -0.15) is 0 Å². The summed E-state index contributed by atoms with van der Waals surface area (Å²) in [6, 6.07) is 0. The quantitative estimate of drug-likeness (QED) is 0.765. The van der Waals surface area contributed by atoms with Crippen LogP contribution in [0.5, 0.6) is 0 Å². The maximum absolute atomic E-state index is 10.7. The normalized spacial score (nSPS) is 52.7. The first-order valence-corrected chi connectivity index (χ1v) is 9.40. The number of likely N-dealkylation sites (tertiary alicyclic amines) is 1. The Morgan fingerprint density at radius 3 is 2.04 bits per heavy atom. The smallest absolute Gasteiger partial charge is 0.0839 e. The summed E-state index contributed by atoms with van der Waals surface area (Å²) in [5.74, 6) is 1.13. The Balaban J connectivity index is 1.77. The molecule has 1 aliphatic heterocycles. The predicted molar refractivity (Wildman–Crippen MR) is 92.7 cm³/mol. The Hall–Kier alpha value is -0.160. The van der Waals surface area contributed by atoms with Crippen molar-refractivity contribution in [2.45, 2.75) is 45.3 Å². The second-order valence-corrected chi connectivity index (χ2v) is 10.7. The fourth-order valence-corrected chi connectivity index (χ4v) is 6.15. The molecular weight excluding hydrogens is 288 g/mol. The lowest BCUT2D eigenvalue weighted by Gasteiger charge is -2.61. The summed E-state index contributed by atoms with van der Waals surface area (Å²) in [5.41, 5.74) is -0.171. The fourth-order valence-electron chi connectivity index (χ4n) is 6.15. The average molecular weight is 327 g/mol. The zero-order valence-electron chi connectivity index (χ0n) is 16.0. The molecule has 0 spiro atoms. The van der Waals surface area contributed by atoms with Crippen LogP contribution in [0, 0.1) is 22.7 Å². The lowest BCUT2D eigenvalue weighted by Crippen LogP contribution is -2.65. The van der Waals surface area contributed by atoms with Gasteiger partial charge in [0.2, 0.25) is 0 Å². The molecule has 4 nitrogen and oxygen atoms in total.